The van der Waals surface area contributed by atoms with Crippen LogP contribution in [0, 0.1) is 0 Å². The van der Waals surface area contributed by atoms with E-state index in [1.165, 1.54) is 0 Å². The summed E-state index contributed by atoms with van der Waals surface area (Å²) >= 11 is 0. The summed E-state index contributed by atoms with van der Waals surface area (Å²) in [6.07, 6.45) is 3.91. The second-order valence-electron chi connectivity index (χ2n) is 2.96. The van der Waals surface area contributed by atoms with Crippen molar-refractivity contribution in [2.75, 3.05) is 0 Å². The molecule has 4 N–H and O–H groups in total. The van der Waals surface area contributed by atoms with Gasteiger partial charge in [0.2, 0.25) is 0 Å². The molecule has 5 heteroatoms. The molecular weight excluding hydrogens is 156 g/mol. The van der Waals surface area contributed by atoms with Gasteiger partial charge in [-0.2, -0.15) is 5.10 Å². The molecule has 1 aromatic heterocycles. The Labute approximate surface area is 69.3 Å². The molecule has 1 aromatic rings. The lowest BCUT2D eigenvalue weighted by molar-refractivity contribution is 0.318. The van der Waals surface area contributed by atoms with Crippen LogP contribution in [0.2, 0.25) is 0 Å². The van der Waals surface area contributed by atoms with Crippen molar-refractivity contribution in [2.24, 2.45) is 10.9 Å². The summed E-state index contributed by atoms with van der Waals surface area (Å²) in [7, 11) is 0. The summed E-state index contributed by atoms with van der Waals surface area (Å²) < 4.78 is 0. The smallest absolute Gasteiger partial charge is 0.173 e. The van der Waals surface area contributed by atoms with Crippen molar-refractivity contribution in [1.82, 2.24) is 10.2 Å². The molecule has 0 saturated heterocycles. The zero-order valence-electron chi connectivity index (χ0n) is 6.49. The van der Waals surface area contributed by atoms with E-state index in [0.29, 0.717) is 5.92 Å². The minimum atomic E-state index is 0.130. The monoisotopic (exact) mass is 166 g/mol. The van der Waals surface area contributed by atoms with Crippen molar-refractivity contribution in [2.45, 2.75) is 18.8 Å². The maximum Gasteiger partial charge on any atom is 0.173 e. The van der Waals surface area contributed by atoms with Crippen molar-refractivity contribution < 1.29 is 5.21 Å². The van der Waals surface area contributed by atoms with Crippen LogP contribution in [0.25, 0.3) is 0 Å². The van der Waals surface area contributed by atoms with Crippen molar-refractivity contribution in [3.05, 3.63) is 17.5 Å². The van der Waals surface area contributed by atoms with Gasteiger partial charge in [-0.1, -0.05) is 5.16 Å². The number of oxime groups is 1. The zero-order valence-corrected chi connectivity index (χ0v) is 6.49. The Hall–Kier alpha value is -1.52. The van der Waals surface area contributed by atoms with Crippen LogP contribution in [0.5, 0.6) is 0 Å². The fourth-order valence-electron chi connectivity index (χ4n) is 1.24. The number of H-pyrrole nitrogens is 1. The number of nitrogens with two attached hydrogens (primary N) is 1. The van der Waals surface area contributed by atoms with Crippen LogP contribution < -0.4 is 5.73 Å². The Morgan fingerprint density at radius 2 is 2.50 bits per heavy atom. The maximum absolute atomic E-state index is 8.45. The van der Waals surface area contributed by atoms with E-state index in [-0.39, 0.29) is 5.84 Å². The molecule has 1 aliphatic rings. The minimum absolute atomic E-state index is 0.130. The highest BCUT2D eigenvalue weighted by atomic mass is 16.4. The first-order valence-corrected chi connectivity index (χ1v) is 3.84. The third kappa shape index (κ3) is 1.03. The number of nitrogens with zero attached hydrogens (tertiary/aromatic N) is 2. The number of aromatic amines is 1. The van der Waals surface area contributed by atoms with Gasteiger partial charge in [0.05, 0.1) is 11.8 Å². The largest absolute Gasteiger partial charge is 0.409 e. The third-order valence-electron chi connectivity index (χ3n) is 2.04. The molecular formula is C7H10N4O. The molecule has 0 radical (unpaired) electrons. The van der Waals surface area contributed by atoms with Gasteiger partial charge >= 0.3 is 0 Å². The molecule has 1 aliphatic carbocycles. The predicted octanol–water partition coefficient (Wildman–Crippen LogP) is 0.382. The van der Waals surface area contributed by atoms with Crippen LogP contribution in [0.4, 0.5) is 0 Å². The molecule has 0 unspecified atom stereocenters. The van der Waals surface area contributed by atoms with Crippen LogP contribution in [0.15, 0.2) is 11.4 Å². The number of rotatable bonds is 2. The third-order valence-corrected chi connectivity index (χ3v) is 2.04. The lowest BCUT2D eigenvalue weighted by Crippen LogP contribution is -2.14. The highest BCUT2D eigenvalue weighted by Crippen LogP contribution is 2.40. The lowest BCUT2D eigenvalue weighted by atomic mass is 10.2. The summed E-state index contributed by atoms with van der Waals surface area (Å²) in [5, 5.41) is 18.1. The van der Waals surface area contributed by atoms with Crippen molar-refractivity contribution >= 4 is 5.84 Å². The summed E-state index contributed by atoms with van der Waals surface area (Å²) in [6, 6.07) is 0. The summed E-state index contributed by atoms with van der Waals surface area (Å²) in [5.41, 5.74) is 7.16. The van der Waals surface area contributed by atoms with Gasteiger partial charge in [-0.15, -0.1) is 0 Å². The molecule has 2 rings (SSSR count). The van der Waals surface area contributed by atoms with Gasteiger partial charge in [0, 0.05) is 11.6 Å². The van der Waals surface area contributed by atoms with E-state index in [2.05, 4.69) is 15.4 Å². The van der Waals surface area contributed by atoms with Crippen molar-refractivity contribution in [3.8, 4) is 0 Å². The van der Waals surface area contributed by atoms with E-state index in [4.69, 9.17) is 10.9 Å². The fourth-order valence-corrected chi connectivity index (χ4v) is 1.24. The minimum Gasteiger partial charge on any atom is -0.409 e. The van der Waals surface area contributed by atoms with Gasteiger partial charge < -0.3 is 10.9 Å². The summed E-state index contributed by atoms with van der Waals surface area (Å²) in [4.78, 5) is 0. The molecule has 1 fully saturated rings. The quantitative estimate of drug-likeness (QED) is 0.257. The molecule has 12 heavy (non-hydrogen) atoms. The molecule has 0 bridgehead atoms. The Morgan fingerprint density at radius 3 is 3.08 bits per heavy atom. The number of amidine groups is 1. The first kappa shape index (κ1) is 7.15. The van der Waals surface area contributed by atoms with E-state index in [0.717, 1.165) is 24.1 Å². The molecule has 5 nitrogen and oxygen atoms in total. The van der Waals surface area contributed by atoms with Crippen LogP contribution in [-0.2, 0) is 0 Å². The van der Waals surface area contributed by atoms with Gasteiger partial charge in [-0.3, -0.25) is 5.10 Å². The zero-order chi connectivity index (χ0) is 8.55. The number of hydrogen-bond donors (Lipinski definition) is 3. The number of nitrogens with one attached hydrogen (secondary N) is 1. The topological polar surface area (TPSA) is 87.3 Å². The Balaban J connectivity index is 2.35. The summed E-state index contributed by atoms with van der Waals surface area (Å²) in [5.74, 6) is 0.661. The summed E-state index contributed by atoms with van der Waals surface area (Å²) in [6.45, 7) is 0. The van der Waals surface area contributed by atoms with E-state index in [1.807, 2.05) is 0 Å². The van der Waals surface area contributed by atoms with Gasteiger partial charge in [-0.25, -0.2) is 0 Å². The second-order valence-corrected chi connectivity index (χ2v) is 2.96. The van der Waals surface area contributed by atoms with Gasteiger partial charge in [-0.05, 0) is 12.8 Å². The standard InChI is InChI=1S/C7H10N4O/c8-7(11-12)5-3-9-10-6(5)4-1-2-4/h3-4,12H,1-2H2,(H2,8,11)(H,9,10). The maximum atomic E-state index is 8.45. The van der Waals surface area contributed by atoms with Crippen molar-refractivity contribution in [3.63, 3.8) is 0 Å². The van der Waals surface area contributed by atoms with Crippen LogP contribution >= 0.6 is 0 Å². The van der Waals surface area contributed by atoms with Gasteiger partial charge in [0.15, 0.2) is 5.84 Å². The molecule has 0 spiro atoms. The molecule has 64 valence electrons. The first-order chi connectivity index (χ1) is 5.83. The highest BCUT2D eigenvalue weighted by molar-refractivity contribution is 5.98. The van der Waals surface area contributed by atoms with E-state index >= 15 is 0 Å². The molecule has 0 atom stereocenters. The molecule has 1 saturated carbocycles. The van der Waals surface area contributed by atoms with Crippen LogP contribution in [-0.4, -0.2) is 21.2 Å². The molecule has 0 aromatic carbocycles. The van der Waals surface area contributed by atoms with E-state index < -0.39 is 0 Å². The first-order valence-electron chi connectivity index (χ1n) is 3.84. The molecule has 0 aliphatic heterocycles. The Bertz CT molecular complexity index is 313. The average Bonchev–Trinajstić information content (AvgIpc) is 2.83. The normalized spacial score (nSPS) is 18.2. The Kier molecular flexibility index (Phi) is 1.49. The highest BCUT2D eigenvalue weighted by Gasteiger charge is 2.28. The lowest BCUT2D eigenvalue weighted by Gasteiger charge is -1.96. The Morgan fingerprint density at radius 1 is 1.75 bits per heavy atom. The van der Waals surface area contributed by atoms with E-state index in [9.17, 15) is 0 Å². The molecule has 1 heterocycles. The predicted molar refractivity (Wildman–Crippen MR) is 43.1 cm³/mol. The van der Waals surface area contributed by atoms with Gasteiger partial charge in [0.25, 0.3) is 0 Å². The van der Waals surface area contributed by atoms with Crippen LogP contribution in [0.1, 0.15) is 30.0 Å². The fraction of sp³-hybridized carbons (Fsp3) is 0.429. The second kappa shape index (κ2) is 2.51. The van der Waals surface area contributed by atoms with Crippen molar-refractivity contribution in [1.29, 1.82) is 0 Å². The van der Waals surface area contributed by atoms with Gasteiger partial charge in [0.1, 0.15) is 0 Å². The van der Waals surface area contributed by atoms with Crippen LogP contribution in [0.3, 0.4) is 0 Å². The molecule has 0 amide bonds. The average molecular weight is 166 g/mol. The number of hydrogen-bond acceptors (Lipinski definition) is 3. The number of aromatic nitrogens is 2. The SMILES string of the molecule is N/C(=N/O)c1cn[nH]c1C1CC1. The van der Waals surface area contributed by atoms with E-state index in [1.54, 1.807) is 6.20 Å².